The Labute approximate surface area is 172 Å². The molecule has 0 unspecified atom stereocenters. The van der Waals surface area contributed by atoms with Crippen LogP contribution >= 0.6 is 0 Å². The van der Waals surface area contributed by atoms with Crippen molar-refractivity contribution in [1.29, 1.82) is 0 Å². The van der Waals surface area contributed by atoms with Crippen molar-refractivity contribution in [2.24, 2.45) is 0 Å². The van der Waals surface area contributed by atoms with Crippen molar-refractivity contribution in [1.82, 2.24) is 25.1 Å². The van der Waals surface area contributed by atoms with E-state index in [1.807, 2.05) is 18.2 Å². The van der Waals surface area contributed by atoms with Gasteiger partial charge in [-0.25, -0.2) is 4.39 Å². The van der Waals surface area contributed by atoms with Crippen LogP contribution in [0.5, 0.6) is 5.75 Å². The zero-order chi connectivity index (χ0) is 21.3. The molecule has 0 saturated carbocycles. The lowest BCUT2D eigenvalue weighted by molar-refractivity contribution is 0.0949. The second-order valence-corrected chi connectivity index (χ2v) is 6.94. The molecule has 0 aliphatic carbocycles. The third-order valence-electron chi connectivity index (χ3n) is 4.95. The molecule has 0 aliphatic heterocycles. The number of aromatic nitrogens is 4. The van der Waals surface area contributed by atoms with Crippen LogP contribution in [-0.4, -0.2) is 32.8 Å². The van der Waals surface area contributed by atoms with Crippen LogP contribution < -0.4 is 10.1 Å². The average molecular weight is 405 g/mol. The number of nitrogens with one attached hydrogen (secondary N) is 1. The topological polar surface area (TPSA) is 81.4 Å². The average Bonchev–Trinajstić information content (AvgIpc) is 3.16. The fraction of sp³-hybridized carbons (Fsp3) is 0.182. The fourth-order valence-electron chi connectivity index (χ4n) is 3.07. The maximum Gasteiger partial charge on any atom is 0.251 e. The smallest absolute Gasteiger partial charge is 0.251 e. The van der Waals surface area contributed by atoms with Gasteiger partial charge in [0, 0.05) is 11.1 Å². The number of rotatable bonds is 5. The highest BCUT2D eigenvalue weighted by Crippen LogP contribution is 2.21. The summed E-state index contributed by atoms with van der Waals surface area (Å²) in [4.78, 5) is 12.4. The molecular formula is C22H20FN5O2. The first-order valence-electron chi connectivity index (χ1n) is 9.37. The molecule has 1 N–H and O–H groups in total. The van der Waals surface area contributed by atoms with E-state index in [9.17, 15) is 9.18 Å². The number of benzene rings is 2. The van der Waals surface area contributed by atoms with Crippen LogP contribution in [-0.2, 0) is 6.54 Å². The van der Waals surface area contributed by atoms with Gasteiger partial charge < -0.3 is 10.1 Å². The van der Waals surface area contributed by atoms with Gasteiger partial charge in [0.2, 0.25) is 0 Å². The number of ether oxygens (including phenoxy) is 1. The minimum atomic E-state index is -0.599. The number of carbonyl (C=O) groups excluding carboxylic acids is 1. The van der Waals surface area contributed by atoms with Crippen molar-refractivity contribution in [3.05, 3.63) is 76.9 Å². The predicted molar refractivity (Wildman–Crippen MR) is 110 cm³/mol. The van der Waals surface area contributed by atoms with E-state index < -0.39 is 11.7 Å². The molecule has 2 aromatic heterocycles. The van der Waals surface area contributed by atoms with Crippen LogP contribution in [0.15, 0.2) is 48.5 Å². The first kappa shape index (κ1) is 19.5. The van der Waals surface area contributed by atoms with Gasteiger partial charge in [-0.15, -0.1) is 10.2 Å². The molecule has 152 valence electrons. The van der Waals surface area contributed by atoms with Gasteiger partial charge in [-0.1, -0.05) is 12.1 Å². The molecule has 0 saturated heterocycles. The zero-order valence-corrected chi connectivity index (χ0v) is 16.8. The van der Waals surface area contributed by atoms with Crippen LogP contribution in [0.2, 0.25) is 0 Å². The standard InChI is InChI=1S/C22H20FN5O2/c1-13-4-5-15(10-14(13)2)18-7-9-20-25-26-21(28(20)27-18)12-24-22(29)16-6-8-19(30-3)17(23)11-16/h4-11H,12H2,1-3H3,(H,24,29). The minimum Gasteiger partial charge on any atom is -0.494 e. The molecule has 2 heterocycles. The number of carbonyl (C=O) groups is 1. The monoisotopic (exact) mass is 405 g/mol. The van der Waals surface area contributed by atoms with E-state index >= 15 is 0 Å². The van der Waals surface area contributed by atoms with E-state index in [1.165, 1.54) is 30.4 Å². The number of methoxy groups -OCH3 is 1. The maximum absolute atomic E-state index is 13.9. The van der Waals surface area contributed by atoms with E-state index in [0.717, 1.165) is 17.3 Å². The summed E-state index contributed by atoms with van der Waals surface area (Å²) in [6.45, 7) is 4.21. The zero-order valence-electron chi connectivity index (χ0n) is 16.8. The number of amides is 1. The highest BCUT2D eigenvalue weighted by Gasteiger charge is 2.13. The molecule has 0 spiro atoms. The molecule has 4 aromatic rings. The highest BCUT2D eigenvalue weighted by molar-refractivity contribution is 5.94. The van der Waals surface area contributed by atoms with Gasteiger partial charge in [-0.3, -0.25) is 4.79 Å². The van der Waals surface area contributed by atoms with Crippen molar-refractivity contribution in [3.8, 4) is 17.0 Å². The van der Waals surface area contributed by atoms with Gasteiger partial charge in [0.15, 0.2) is 23.0 Å². The first-order chi connectivity index (χ1) is 14.5. The van der Waals surface area contributed by atoms with E-state index in [0.29, 0.717) is 11.5 Å². The van der Waals surface area contributed by atoms with Gasteiger partial charge in [0.1, 0.15) is 0 Å². The maximum atomic E-state index is 13.9. The molecule has 8 heteroatoms. The van der Waals surface area contributed by atoms with Crippen LogP contribution in [0.25, 0.3) is 16.9 Å². The summed E-state index contributed by atoms with van der Waals surface area (Å²) in [5.41, 5.74) is 4.90. The molecule has 0 radical (unpaired) electrons. The number of hydrogen-bond donors (Lipinski definition) is 1. The SMILES string of the molecule is COc1ccc(C(=O)NCc2nnc3ccc(-c4ccc(C)c(C)c4)nn23)cc1F. The number of hydrogen-bond acceptors (Lipinski definition) is 5. The summed E-state index contributed by atoms with van der Waals surface area (Å²) in [7, 11) is 1.37. The van der Waals surface area contributed by atoms with E-state index in [4.69, 9.17) is 4.74 Å². The van der Waals surface area contributed by atoms with Crippen molar-refractivity contribution >= 4 is 11.6 Å². The van der Waals surface area contributed by atoms with Crippen molar-refractivity contribution < 1.29 is 13.9 Å². The molecule has 0 atom stereocenters. The van der Waals surface area contributed by atoms with Crippen molar-refractivity contribution in [2.75, 3.05) is 7.11 Å². The Hall–Kier alpha value is -3.81. The molecule has 0 aliphatic rings. The fourth-order valence-corrected chi connectivity index (χ4v) is 3.07. The lowest BCUT2D eigenvalue weighted by Gasteiger charge is -2.07. The Morgan fingerprint density at radius 3 is 2.63 bits per heavy atom. The second-order valence-electron chi connectivity index (χ2n) is 6.94. The summed E-state index contributed by atoms with van der Waals surface area (Å²) in [6, 6.07) is 13.9. The molecule has 7 nitrogen and oxygen atoms in total. The van der Waals surface area contributed by atoms with Crippen molar-refractivity contribution in [3.63, 3.8) is 0 Å². The first-order valence-corrected chi connectivity index (χ1v) is 9.37. The Bertz CT molecular complexity index is 1250. The Kier molecular flexibility index (Phi) is 5.14. The van der Waals surface area contributed by atoms with Crippen molar-refractivity contribution in [2.45, 2.75) is 20.4 Å². The Balaban J connectivity index is 1.56. The van der Waals surface area contributed by atoms with Crippen LogP contribution in [0.3, 0.4) is 0 Å². The second kappa shape index (κ2) is 7.90. The molecule has 1 amide bonds. The minimum absolute atomic E-state index is 0.0815. The summed E-state index contributed by atoms with van der Waals surface area (Å²) in [5, 5.41) is 15.6. The predicted octanol–water partition coefficient (Wildman–Crippen LogP) is 3.49. The summed E-state index contributed by atoms with van der Waals surface area (Å²) >= 11 is 0. The number of fused-ring (bicyclic) bond motifs is 1. The molecule has 2 aromatic carbocycles. The van der Waals surface area contributed by atoms with Gasteiger partial charge in [-0.2, -0.15) is 9.61 Å². The van der Waals surface area contributed by atoms with Crippen LogP contribution in [0.4, 0.5) is 4.39 Å². The Morgan fingerprint density at radius 1 is 1.07 bits per heavy atom. The largest absolute Gasteiger partial charge is 0.494 e. The highest BCUT2D eigenvalue weighted by atomic mass is 19.1. The summed E-state index contributed by atoms with van der Waals surface area (Å²) in [6.07, 6.45) is 0. The number of halogens is 1. The van der Waals surface area contributed by atoms with E-state index in [2.05, 4.69) is 46.6 Å². The summed E-state index contributed by atoms with van der Waals surface area (Å²) in [5.74, 6) is -0.479. The molecular weight excluding hydrogens is 385 g/mol. The molecule has 0 fully saturated rings. The van der Waals surface area contributed by atoms with Gasteiger partial charge >= 0.3 is 0 Å². The normalized spacial score (nSPS) is 10.9. The quantitative estimate of drug-likeness (QED) is 0.550. The lowest BCUT2D eigenvalue weighted by atomic mass is 10.0. The lowest BCUT2D eigenvalue weighted by Crippen LogP contribution is -2.24. The van der Waals surface area contributed by atoms with Gasteiger partial charge in [-0.05, 0) is 61.4 Å². The summed E-state index contributed by atoms with van der Waals surface area (Å²) < 4.78 is 20.3. The van der Waals surface area contributed by atoms with Crippen LogP contribution in [0, 0.1) is 19.7 Å². The molecule has 30 heavy (non-hydrogen) atoms. The van der Waals surface area contributed by atoms with Gasteiger partial charge in [0.05, 0.1) is 19.3 Å². The molecule has 4 rings (SSSR count). The number of aryl methyl sites for hydroxylation is 2. The van der Waals surface area contributed by atoms with E-state index in [1.54, 1.807) is 4.52 Å². The van der Waals surface area contributed by atoms with Gasteiger partial charge in [0.25, 0.3) is 5.91 Å². The van der Waals surface area contributed by atoms with E-state index in [-0.39, 0.29) is 17.9 Å². The third kappa shape index (κ3) is 3.71. The van der Waals surface area contributed by atoms with Crippen LogP contribution in [0.1, 0.15) is 27.3 Å². The Morgan fingerprint density at radius 2 is 1.90 bits per heavy atom. The third-order valence-corrected chi connectivity index (χ3v) is 4.95. The number of nitrogens with zero attached hydrogens (tertiary/aromatic N) is 4. The molecule has 0 bridgehead atoms.